The summed E-state index contributed by atoms with van der Waals surface area (Å²) in [5, 5.41) is 8.60. The summed E-state index contributed by atoms with van der Waals surface area (Å²) in [7, 11) is 0. The van der Waals surface area contributed by atoms with E-state index in [2.05, 4.69) is 15.9 Å². The van der Waals surface area contributed by atoms with Crippen LogP contribution in [0.2, 0.25) is 0 Å². The highest BCUT2D eigenvalue weighted by Gasteiger charge is 2.30. The smallest absolute Gasteiger partial charge is 0.416 e. The fraction of sp³-hybridized carbons (Fsp3) is 0.300. The fourth-order valence-corrected chi connectivity index (χ4v) is 1.50. The molecule has 1 rings (SSSR count). The Balaban J connectivity index is 2.76. The van der Waals surface area contributed by atoms with Crippen molar-refractivity contribution in [2.45, 2.75) is 17.4 Å². The average Bonchev–Trinajstić information content (AvgIpc) is 2.17. The second-order valence-electron chi connectivity index (χ2n) is 3.20. The first-order valence-corrected chi connectivity index (χ1v) is 5.25. The van der Waals surface area contributed by atoms with E-state index < -0.39 is 22.5 Å². The van der Waals surface area contributed by atoms with Gasteiger partial charge in [-0.2, -0.15) is 13.2 Å². The number of aliphatic carboxylic acids is 1. The van der Waals surface area contributed by atoms with Crippen LogP contribution in [0.5, 0.6) is 0 Å². The molecule has 0 unspecified atom stereocenters. The monoisotopic (exact) mass is 296 g/mol. The third-order valence-corrected chi connectivity index (χ3v) is 2.68. The summed E-state index contributed by atoms with van der Waals surface area (Å²) in [6, 6.07) is 4.44. The van der Waals surface area contributed by atoms with Gasteiger partial charge < -0.3 is 5.11 Å². The van der Waals surface area contributed by atoms with E-state index >= 15 is 0 Å². The molecule has 1 aromatic rings. The lowest BCUT2D eigenvalue weighted by Gasteiger charge is -2.08. The first kappa shape index (κ1) is 13.0. The quantitative estimate of drug-likeness (QED) is 0.870. The van der Waals surface area contributed by atoms with Crippen molar-refractivity contribution in [3.63, 3.8) is 0 Å². The molecule has 88 valence electrons. The molecule has 2 nitrogen and oxygen atoms in total. The minimum atomic E-state index is -4.36. The van der Waals surface area contributed by atoms with Gasteiger partial charge in [-0.1, -0.05) is 28.1 Å². The molecule has 0 aliphatic carbocycles. The van der Waals surface area contributed by atoms with Crippen LogP contribution in [0.25, 0.3) is 0 Å². The van der Waals surface area contributed by atoms with E-state index in [4.69, 9.17) is 5.11 Å². The third kappa shape index (κ3) is 3.52. The Morgan fingerprint density at radius 1 is 1.31 bits per heavy atom. The molecule has 0 spiro atoms. The SMILES string of the molecule is O=C(O)[C@@H](Br)Cc1ccc(C(F)(F)F)cc1. The summed E-state index contributed by atoms with van der Waals surface area (Å²) < 4.78 is 36.6. The van der Waals surface area contributed by atoms with Crippen molar-refractivity contribution in [1.29, 1.82) is 0 Å². The fourth-order valence-electron chi connectivity index (χ4n) is 1.12. The minimum Gasteiger partial charge on any atom is -0.480 e. The molecule has 0 saturated carbocycles. The van der Waals surface area contributed by atoms with E-state index in [1.807, 2.05) is 0 Å². The molecule has 0 bridgehead atoms. The normalized spacial score (nSPS) is 13.5. The lowest BCUT2D eigenvalue weighted by molar-refractivity contribution is -0.138. The molecule has 0 saturated heterocycles. The minimum absolute atomic E-state index is 0.146. The summed E-state index contributed by atoms with van der Waals surface area (Å²) in [5.74, 6) is -1.04. The molecule has 1 aromatic carbocycles. The standard InChI is InChI=1S/C10H8BrF3O2/c11-8(9(15)16)5-6-1-3-7(4-2-6)10(12,13)14/h1-4,8H,5H2,(H,15,16)/t8-/m0/s1. The number of hydrogen-bond donors (Lipinski definition) is 1. The maximum Gasteiger partial charge on any atom is 0.416 e. The number of halogens is 4. The van der Waals surface area contributed by atoms with Crippen LogP contribution < -0.4 is 0 Å². The van der Waals surface area contributed by atoms with Gasteiger partial charge in [0.25, 0.3) is 0 Å². The van der Waals surface area contributed by atoms with Gasteiger partial charge in [-0.25, -0.2) is 0 Å². The molecule has 1 N–H and O–H groups in total. The van der Waals surface area contributed by atoms with Crippen molar-refractivity contribution in [3.8, 4) is 0 Å². The summed E-state index contributed by atoms with van der Waals surface area (Å²) in [5.41, 5.74) is -0.199. The van der Waals surface area contributed by atoms with Crippen molar-refractivity contribution in [3.05, 3.63) is 35.4 Å². The zero-order valence-electron chi connectivity index (χ0n) is 7.96. The van der Waals surface area contributed by atoms with Crippen molar-refractivity contribution in [1.82, 2.24) is 0 Å². The number of carbonyl (C=O) groups is 1. The zero-order chi connectivity index (χ0) is 12.3. The molecular weight excluding hydrogens is 289 g/mol. The van der Waals surface area contributed by atoms with Crippen molar-refractivity contribution < 1.29 is 23.1 Å². The third-order valence-electron chi connectivity index (χ3n) is 1.96. The second-order valence-corrected chi connectivity index (χ2v) is 4.31. The Bertz CT molecular complexity index is 373. The summed E-state index contributed by atoms with van der Waals surface area (Å²) in [6.07, 6.45) is -4.22. The molecule has 1 atom stereocenters. The molecule has 0 heterocycles. The lowest BCUT2D eigenvalue weighted by Crippen LogP contribution is -2.15. The zero-order valence-corrected chi connectivity index (χ0v) is 9.55. The van der Waals surface area contributed by atoms with Crippen molar-refractivity contribution in [2.75, 3.05) is 0 Å². The predicted octanol–water partition coefficient (Wildman–Crippen LogP) is 3.10. The van der Waals surface area contributed by atoms with Gasteiger partial charge in [0, 0.05) is 0 Å². The maximum absolute atomic E-state index is 12.2. The van der Waals surface area contributed by atoms with Gasteiger partial charge in [0.1, 0.15) is 4.83 Å². The lowest BCUT2D eigenvalue weighted by atomic mass is 10.1. The van der Waals surface area contributed by atoms with Crippen LogP contribution in [-0.4, -0.2) is 15.9 Å². The number of benzene rings is 1. The van der Waals surface area contributed by atoms with Crippen LogP contribution in [0, 0.1) is 0 Å². The first-order valence-electron chi connectivity index (χ1n) is 4.33. The molecular formula is C10H8BrF3O2. The predicted molar refractivity (Wildman–Crippen MR) is 55.5 cm³/mol. The average molecular weight is 297 g/mol. The second kappa shape index (κ2) is 4.86. The Hall–Kier alpha value is -1.04. The highest BCUT2D eigenvalue weighted by Crippen LogP contribution is 2.29. The number of carboxylic acid groups (broad SMARTS) is 1. The Morgan fingerprint density at radius 3 is 2.19 bits per heavy atom. The van der Waals surface area contributed by atoms with E-state index in [1.54, 1.807) is 0 Å². The van der Waals surface area contributed by atoms with Crippen LogP contribution >= 0.6 is 15.9 Å². The van der Waals surface area contributed by atoms with Gasteiger partial charge in [0.05, 0.1) is 5.56 Å². The molecule has 6 heteroatoms. The number of carboxylic acids is 1. The van der Waals surface area contributed by atoms with E-state index in [0.717, 1.165) is 12.1 Å². The highest BCUT2D eigenvalue weighted by molar-refractivity contribution is 9.10. The first-order chi connectivity index (χ1) is 7.30. The molecule has 16 heavy (non-hydrogen) atoms. The highest BCUT2D eigenvalue weighted by atomic mass is 79.9. The molecule has 0 aliphatic heterocycles. The van der Waals surface area contributed by atoms with Crippen LogP contribution in [0.15, 0.2) is 24.3 Å². The van der Waals surface area contributed by atoms with E-state index in [9.17, 15) is 18.0 Å². The van der Waals surface area contributed by atoms with Gasteiger partial charge in [0.2, 0.25) is 0 Å². The van der Waals surface area contributed by atoms with E-state index in [1.165, 1.54) is 12.1 Å². The van der Waals surface area contributed by atoms with Crippen LogP contribution in [-0.2, 0) is 17.4 Å². The van der Waals surface area contributed by atoms with Gasteiger partial charge >= 0.3 is 12.1 Å². The van der Waals surface area contributed by atoms with Crippen molar-refractivity contribution in [2.24, 2.45) is 0 Å². The molecule has 0 radical (unpaired) electrons. The van der Waals surface area contributed by atoms with Crippen LogP contribution in [0.3, 0.4) is 0 Å². The van der Waals surface area contributed by atoms with Gasteiger partial charge in [-0.05, 0) is 24.1 Å². The largest absolute Gasteiger partial charge is 0.480 e. The molecule has 0 fully saturated rings. The van der Waals surface area contributed by atoms with E-state index in [-0.39, 0.29) is 6.42 Å². The van der Waals surface area contributed by atoms with Crippen molar-refractivity contribution >= 4 is 21.9 Å². The summed E-state index contributed by atoms with van der Waals surface area (Å²) in [4.78, 5) is 9.72. The van der Waals surface area contributed by atoms with Gasteiger partial charge in [-0.15, -0.1) is 0 Å². The van der Waals surface area contributed by atoms with Crippen LogP contribution in [0.4, 0.5) is 13.2 Å². The Morgan fingerprint density at radius 2 is 1.81 bits per heavy atom. The number of hydrogen-bond acceptors (Lipinski definition) is 1. The molecule has 0 aromatic heterocycles. The van der Waals surface area contributed by atoms with Gasteiger partial charge in [-0.3, -0.25) is 4.79 Å². The number of rotatable bonds is 3. The van der Waals surface area contributed by atoms with E-state index in [0.29, 0.717) is 5.56 Å². The maximum atomic E-state index is 12.2. The topological polar surface area (TPSA) is 37.3 Å². The Kier molecular flexibility index (Phi) is 3.96. The summed E-state index contributed by atoms with van der Waals surface area (Å²) >= 11 is 2.92. The Labute approximate surface area is 98.2 Å². The summed E-state index contributed by atoms with van der Waals surface area (Å²) in [6.45, 7) is 0. The van der Waals surface area contributed by atoms with Crippen LogP contribution in [0.1, 0.15) is 11.1 Å². The molecule has 0 aliphatic rings. The molecule has 0 amide bonds. The number of alkyl halides is 4. The van der Waals surface area contributed by atoms with Gasteiger partial charge in [0.15, 0.2) is 0 Å².